The lowest BCUT2D eigenvalue weighted by atomic mass is 10.1. The van der Waals surface area contributed by atoms with E-state index in [1.807, 2.05) is 24.3 Å². The fourth-order valence-electron chi connectivity index (χ4n) is 1.95. The Labute approximate surface area is 102 Å². The molecule has 0 saturated carbocycles. The molecule has 1 saturated heterocycles. The van der Waals surface area contributed by atoms with Crippen LogP contribution in [0.25, 0.3) is 0 Å². The Balaban J connectivity index is 0.00000128. The molecule has 2 N–H and O–H groups in total. The molecule has 0 radical (unpaired) electrons. The van der Waals surface area contributed by atoms with Crippen LogP contribution in [-0.2, 0) is 0 Å². The van der Waals surface area contributed by atoms with Gasteiger partial charge in [-0.25, -0.2) is 0 Å². The van der Waals surface area contributed by atoms with Crippen molar-refractivity contribution < 1.29 is 4.79 Å². The van der Waals surface area contributed by atoms with Crippen LogP contribution in [0.5, 0.6) is 0 Å². The lowest BCUT2D eigenvalue weighted by Crippen LogP contribution is -2.18. The second-order valence-electron chi connectivity index (χ2n) is 3.87. The van der Waals surface area contributed by atoms with E-state index >= 15 is 0 Å². The minimum atomic E-state index is 0. The van der Waals surface area contributed by atoms with Crippen LogP contribution in [0.15, 0.2) is 24.3 Å². The summed E-state index contributed by atoms with van der Waals surface area (Å²) in [6.45, 7) is 2.34. The van der Waals surface area contributed by atoms with Crippen LogP contribution in [0.4, 0.5) is 5.69 Å². The van der Waals surface area contributed by atoms with Crippen molar-refractivity contribution in [1.82, 2.24) is 0 Å². The van der Waals surface area contributed by atoms with Crippen LogP contribution in [0.1, 0.15) is 23.2 Å². The topological polar surface area (TPSA) is 46.3 Å². The highest BCUT2D eigenvalue weighted by Crippen LogP contribution is 2.20. The molecule has 1 aromatic carbocycles. The number of nitrogens with two attached hydrogens (primary N) is 1. The van der Waals surface area contributed by atoms with Gasteiger partial charge in [0.25, 0.3) is 0 Å². The molecule has 1 aliphatic rings. The molecule has 0 amide bonds. The van der Waals surface area contributed by atoms with Crippen molar-refractivity contribution in [2.75, 3.05) is 24.5 Å². The number of hydrogen-bond donors (Lipinski definition) is 1. The van der Waals surface area contributed by atoms with Gasteiger partial charge in [0.15, 0.2) is 5.78 Å². The lowest BCUT2D eigenvalue weighted by molar-refractivity contribution is 0.100. The number of carbonyl (C=O) groups excluding carboxylic acids is 1. The third kappa shape index (κ3) is 2.74. The third-order valence-electron chi connectivity index (χ3n) is 2.85. The zero-order valence-electron chi connectivity index (χ0n) is 9.19. The maximum absolute atomic E-state index is 11.3. The number of hydrogen-bond acceptors (Lipinski definition) is 3. The summed E-state index contributed by atoms with van der Waals surface area (Å²) in [5, 5.41) is 0. The van der Waals surface area contributed by atoms with Gasteiger partial charge in [0.05, 0.1) is 6.54 Å². The van der Waals surface area contributed by atoms with Gasteiger partial charge in [-0.15, -0.1) is 12.4 Å². The van der Waals surface area contributed by atoms with Crippen molar-refractivity contribution in [2.45, 2.75) is 12.8 Å². The Kier molecular flexibility index (Phi) is 4.77. The van der Waals surface area contributed by atoms with Crippen molar-refractivity contribution in [1.29, 1.82) is 0 Å². The van der Waals surface area contributed by atoms with Gasteiger partial charge >= 0.3 is 0 Å². The van der Waals surface area contributed by atoms with E-state index in [0.29, 0.717) is 5.56 Å². The fourth-order valence-corrected chi connectivity index (χ4v) is 1.95. The SMILES string of the molecule is Cl.NCC(=O)c1ccc(N2CCCC2)cc1. The monoisotopic (exact) mass is 240 g/mol. The standard InChI is InChI=1S/C12H16N2O.ClH/c13-9-12(15)10-3-5-11(6-4-10)14-7-1-2-8-14;/h3-6H,1-2,7-9,13H2;1H. The van der Waals surface area contributed by atoms with E-state index in [2.05, 4.69) is 4.90 Å². The average Bonchev–Trinajstić information content (AvgIpc) is 2.82. The van der Waals surface area contributed by atoms with Crippen molar-refractivity contribution >= 4 is 23.9 Å². The Bertz CT molecular complexity index is 345. The molecular formula is C12H17ClN2O. The Morgan fingerprint density at radius 1 is 1.19 bits per heavy atom. The van der Waals surface area contributed by atoms with Crippen LogP contribution in [-0.4, -0.2) is 25.4 Å². The molecule has 16 heavy (non-hydrogen) atoms. The fraction of sp³-hybridized carbons (Fsp3) is 0.417. The number of ketones is 1. The highest BCUT2D eigenvalue weighted by atomic mass is 35.5. The van der Waals surface area contributed by atoms with Crippen LogP contribution in [0, 0.1) is 0 Å². The number of nitrogens with zero attached hydrogens (tertiary/aromatic N) is 1. The summed E-state index contributed by atoms with van der Waals surface area (Å²) in [5.74, 6) is 0.00275. The van der Waals surface area contributed by atoms with Gasteiger partial charge < -0.3 is 10.6 Å². The van der Waals surface area contributed by atoms with E-state index in [1.54, 1.807) is 0 Å². The quantitative estimate of drug-likeness (QED) is 0.821. The van der Waals surface area contributed by atoms with Gasteiger partial charge in [-0.1, -0.05) is 0 Å². The molecule has 4 heteroatoms. The Morgan fingerprint density at radius 2 is 1.75 bits per heavy atom. The summed E-state index contributed by atoms with van der Waals surface area (Å²) in [6.07, 6.45) is 2.53. The van der Waals surface area contributed by atoms with E-state index in [-0.39, 0.29) is 24.7 Å². The summed E-state index contributed by atoms with van der Waals surface area (Å²) in [4.78, 5) is 13.7. The molecule has 0 unspecified atom stereocenters. The van der Waals surface area contributed by atoms with Gasteiger partial charge in [-0.05, 0) is 37.1 Å². The number of anilines is 1. The first-order valence-corrected chi connectivity index (χ1v) is 5.39. The van der Waals surface area contributed by atoms with Gasteiger partial charge in [-0.2, -0.15) is 0 Å². The predicted molar refractivity (Wildman–Crippen MR) is 68.5 cm³/mol. The Morgan fingerprint density at radius 3 is 2.25 bits per heavy atom. The molecule has 1 aromatic rings. The number of halogens is 1. The second kappa shape index (κ2) is 5.87. The maximum atomic E-state index is 11.3. The van der Waals surface area contributed by atoms with E-state index in [4.69, 9.17) is 5.73 Å². The lowest BCUT2D eigenvalue weighted by Gasteiger charge is -2.17. The average molecular weight is 241 g/mol. The number of benzene rings is 1. The molecule has 0 spiro atoms. The first kappa shape index (κ1) is 13.0. The largest absolute Gasteiger partial charge is 0.372 e. The van der Waals surface area contributed by atoms with E-state index in [0.717, 1.165) is 13.1 Å². The molecule has 1 heterocycles. The van der Waals surface area contributed by atoms with Gasteiger partial charge in [0.1, 0.15) is 0 Å². The summed E-state index contributed by atoms with van der Waals surface area (Å²) in [7, 11) is 0. The summed E-state index contributed by atoms with van der Waals surface area (Å²) in [5.41, 5.74) is 7.22. The zero-order valence-corrected chi connectivity index (χ0v) is 10.0. The molecule has 0 aromatic heterocycles. The molecular weight excluding hydrogens is 224 g/mol. The highest BCUT2D eigenvalue weighted by molar-refractivity contribution is 5.97. The van der Waals surface area contributed by atoms with E-state index < -0.39 is 0 Å². The molecule has 0 aliphatic carbocycles. The van der Waals surface area contributed by atoms with Gasteiger partial charge in [0.2, 0.25) is 0 Å². The molecule has 1 aliphatic heterocycles. The zero-order chi connectivity index (χ0) is 10.7. The molecule has 88 valence electrons. The molecule has 3 nitrogen and oxygen atoms in total. The van der Waals surface area contributed by atoms with Gasteiger partial charge in [0, 0.05) is 24.3 Å². The van der Waals surface area contributed by atoms with Crippen molar-refractivity contribution in [2.24, 2.45) is 5.73 Å². The summed E-state index contributed by atoms with van der Waals surface area (Å²) >= 11 is 0. The van der Waals surface area contributed by atoms with Gasteiger partial charge in [-0.3, -0.25) is 4.79 Å². The van der Waals surface area contributed by atoms with Crippen LogP contribution in [0.3, 0.4) is 0 Å². The third-order valence-corrected chi connectivity index (χ3v) is 2.85. The molecule has 2 rings (SSSR count). The highest BCUT2D eigenvalue weighted by Gasteiger charge is 2.12. The molecule has 1 fully saturated rings. The van der Waals surface area contributed by atoms with Crippen LogP contribution >= 0.6 is 12.4 Å². The normalized spacial score (nSPS) is 14.7. The first-order valence-electron chi connectivity index (χ1n) is 5.39. The van der Waals surface area contributed by atoms with Crippen molar-refractivity contribution in [3.05, 3.63) is 29.8 Å². The van der Waals surface area contributed by atoms with Crippen LogP contribution < -0.4 is 10.6 Å². The van der Waals surface area contributed by atoms with Crippen molar-refractivity contribution in [3.63, 3.8) is 0 Å². The number of Topliss-reactive ketones (excluding diaryl/α,β-unsaturated/α-hetero) is 1. The number of rotatable bonds is 3. The van der Waals surface area contributed by atoms with Crippen molar-refractivity contribution in [3.8, 4) is 0 Å². The van der Waals surface area contributed by atoms with Crippen LogP contribution in [0.2, 0.25) is 0 Å². The summed E-state index contributed by atoms with van der Waals surface area (Å²) in [6, 6.07) is 7.74. The molecule has 0 atom stereocenters. The van der Waals surface area contributed by atoms with E-state index in [1.165, 1.54) is 18.5 Å². The minimum Gasteiger partial charge on any atom is -0.372 e. The Hall–Kier alpha value is -1.06. The molecule has 0 bridgehead atoms. The number of carbonyl (C=O) groups is 1. The maximum Gasteiger partial charge on any atom is 0.176 e. The second-order valence-corrected chi connectivity index (χ2v) is 3.87. The minimum absolute atomic E-state index is 0. The predicted octanol–water partition coefficient (Wildman–Crippen LogP) is 1.85. The smallest absolute Gasteiger partial charge is 0.176 e. The first-order chi connectivity index (χ1) is 7.31. The summed E-state index contributed by atoms with van der Waals surface area (Å²) < 4.78 is 0. The van der Waals surface area contributed by atoms with E-state index in [9.17, 15) is 4.79 Å².